The number of hydrogen-bond acceptors (Lipinski definition) is 2. The molecule has 0 radical (unpaired) electrons. The molecule has 0 aliphatic rings. The molecular weight excluding hydrogens is 238 g/mol. The maximum Gasteiger partial charge on any atom is 0.272 e. The fraction of sp³-hybridized carbons (Fsp3) is 0.333. The Labute approximate surface area is 113 Å². The maximum atomic E-state index is 12.1. The molecule has 0 aliphatic heterocycles. The van der Waals surface area contributed by atoms with Crippen molar-refractivity contribution in [1.82, 2.24) is 15.5 Å². The molecule has 0 saturated heterocycles. The average Bonchev–Trinajstić information content (AvgIpc) is 2.89. The van der Waals surface area contributed by atoms with Crippen LogP contribution < -0.4 is 5.32 Å². The van der Waals surface area contributed by atoms with Crippen LogP contribution in [0.2, 0.25) is 0 Å². The van der Waals surface area contributed by atoms with Crippen LogP contribution in [0.15, 0.2) is 36.4 Å². The molecule has 0 saturated carbocycles. The highest BCUT2D eigenvalue weighted by molar-refractivity contribution is 5.92. The van der Waals surface area contributed by atoms with Gasteiger partial charge in [0.05, 0.1) is 6.04 Å². The van der Waals surface area contributed by atoms with Gasteiger partial charge in [0.25, 0.3) is 5.91 Å². The van der Waals surface area contributed by atoms with Crippen LogP contribution in [0.3, 0.4) is 0 Å². The van der Waals surface area contributed by atoms with Crippen molar-refractivity contribution in [3.63, 3.8) is 0 Å². The first kappa shape index (κ1) is 13.3. The lowest BCUT2D eigenvalue weighted by molar-refractivity contribution is 0.0935. The van der Waals surface area contributed by atoms with Crippen molar-refractivity contribution >= 4 is 5.91 Å². The third-order valence-electron chi connectivity index (χ3n) is 3.03. The molecule has 19 heavy (non-hydrogen) atoms. The van der Waals surface area contributed by atoms with E-state index in [0.29, 0.717) is 5.69 Å². The molecule has 1 aromatic carbocycles. The lowest BCUT2D eigenvalue weighted by Gasteiger charge is -2.12. The van der Waals surface area contributed by atoms with Crippen LogP contribution in [0.5, 0.6) is 0 Å². The number of nitrogens with one attached hydrogen (secondary N) is 2. The molecule has 0 bridgehead atoms. The van der Waals surface area contributed by atoms with Crippen LogP contribution in [0.4, 0.5) is 0 Å². The highest BCUT2D eigenvalue weighted by Gasteiger charge is 2.13. The van der Waals surface area contributed by atoms with Gasteiger partial charge in [0.2, 0.25) is 0 Å². The zero-order chi connectivity index (χ0) is 13.7. The molecule has 4 nitrogen and oxygen atoms in total. The van der Waals surface area contributed by atoms with E-state index in [9.17, 15) is 4.79 Å². The Kier molecular flexibility index (Phi) is 4.34. The summed E-state index contributed by atoms with van der Waals surface area (Å²) in [5.74, 6) is -0.144. The van der Waals surface area contributed by atoms with Gasteiger partial charge in [0, 0.05) is 5.69 Å². The number of aryl methyl sites for hydroxylation is 1. The molecule has 4 heteroatoms. The minimum absolute atomic E-state index is 0.0278. The Balaban J connectivity index is 2.00. The van der Waals surface area contributed by atoms with Gasteiger partial charge in [-0.05, 0) is 25.0 Å². The number of benzene rings is 1. The summed E-state index contributed by atoms with van der Waals surface area (Å²) in [7, 11) is 0. The van der Waals surface area contributed by atoms with E-state index >= 15 is 0 Å². The normalized spacial score (nSPS) is 12.1. The van der Waals surface area contributed by atoms with E-state index in [-0.39, 0.29) is 11.9 Å². The molecule has 1 heterocycles. The first-order valence-electron chi connectivity index (χ1n) is 6.60. The highest BCUT2D eigenvalue weighted by atomic mass is 16.2. The Morgan fingerprint density at radius 3 is 2.79 bits per heavy atom. The van der Waals surface area contributed by atoms with Crippen molar-refractivity contribution in [2.75, 3.05) is 0 Å². The molecule has 0 unspecified atom stereocenters. The number of H-pyrrole nitrogens is 1. The van der Waals surface area contributed by atoms with Crippen molar-refractivity contribution in [2.45, 2.75) is 32.7 Å². The summed E-state index contributed by atoms with van der Waals surface area (Å²) < 4.78 is 0. The molecule has 1 amide bonds. The first-order chi connectivity index (χ1) is 9.20. The van der Waals surface area contributed by atoms with Gasteiger partial charge >= 0.3 is 0 Å². The largest absolute Gasteiger partial charge is 0.344 e. The fourth-order valence-corrected chi connectivity index (χ4v) is 1.97. The van der Waals surface area contributed by atoms with Crippen LogP contribution in [0, 0.1) is 0 Å². The number of aromatic nitrogens is 2. The summed E-state index contributed by atoms with van der Waals surface area (Å²) in [5, 5.41) is 9.88. The van der Waals surface area contributed by atoms with E-state index in [1.807, 2.05) is 43.3 Å². The number of rotatable bonds is 5. The molecule has 100 valence electrons. The van der Waals surface area contributed by atoms with Gasteiger partial charge in [0.15, 0.2) is 0 Å². The third-order valence-corrected chi connectivity index (χ3v) is 3.03. The van der Waals surface area contributed by atoms with Gasteiger partial charge in [-0.15, -0.1) is 0 Å². The Hall–Kier alpha value is -2.10. The van der Waals surface area contributed by atoms with Crippen LogP contribution >= 0.6 is 0 Å². The summed E-state index contributed by atoms with van der Waals surface area (Å²) in [6.45, 7) is 4.06. The Bertz CT molecular complexity index is 533. The summed E-state index contributed by atoms with van der Waals surface area (Å²) in [4.78, 5) is 12.1. The number of nitrogens with zero attached hydrogens (tertiary/aromatic N) is 1. The minimum Gasteiger partial charge on any atom is -0.344 e. The van der Waals surface area contributed by atoms with Crippen molar-refractivity contribution in [2.24, 2.45) is 0 Å². The van der Waals surface area contributed by atoms with Gasteiger partial charge in [0.1, 0.15) is 5.69 Å². The Morgan fingerprint density at radius 2 is 2.11 bits per heavy atom. The smallest absolute Gasteiger partial charge is 0.272 e. The standard InChI is InChI=1S/C15H19N3O/c1-3-7-13-10-14(18-17-13)15(19)16-11(2)12-8-5-4-6-9-12/h4-6,8-11H,3,7H2,1-2H3,(H,16,19)(H,17,18)/t11-/m1/s1. The molecule has 1 aromatic heterocycles. The summed E-state index contributed by atoms with van der Waals surface area (Å²) in [6, 6.07) is 11.7. The van der Waals surface area contributed by atoms with Crippen LogP contribution in [0.25, 0.3) is 0 Å². The van der Waals surface area contributed by atoms with E-state index < -0.39 is 0 Å². The molecule has 0 spiro atoms. The van der Waals surface area contributed by atoms with E-state index in [0.717, 1.165) is 24.1 Å². The third kappa shape index (κ3) is 3.44. The second kappa shape index (κ2) is 6.18. The first-order valence-corrected chi connectivity index (χ1v) is 6.60. The van der Waals surface area contributed by atoms with Crippen molar-refractivity contribution in [1.29, 1.82) is 0 Å². The lowest BCUT2D eigenvalue weighted by Crippen LogP contribution is -2.26. The number of aromatic amines is 1. The van der Waals surface area contributed by atoms with Gasteiger partial charge in [-0.1, -0.05) is 43.7 Å². The Morgan fingerprint density at radius 1 is 1.37 bits per heavy atom. The van der Waals surface area contributed by atoms with Crippen molar-refractivity contribution in [3.05, 3.63) is 53.3 Å². The SMILES string of the molecule is CCCc1cc(C(=O)N[C@H](C)c2ccccc2)n[nH]1. The summed E-state index contributed by atoms with van der Waals surface area (Å²) in [6.07, 6.45) is 1.94. The van der Waals surface area contributed by atoms with E-state index in [1.54, 1.807) is 0 Å². The number of hydrogen-bond donors (Lipinski definition) is 2. The highest BCUT2D eigenvalue weighted by Crippen LogP contribution is 2.12. The van der Waals surface area contributed by atoms with Crippen LogP contribution in [-0.2, 0) is 6.42 Å². The second-order valence-electron chi connectivity index (χ2n) is 4.63. The van der Waals surface area contributed by atoms with Gasteiger partial charge < -0.3 is 5.32 Å². The predicted molar refractivity (Wildman–Crippen MR) is 74.9 cm³/mol. The predicted octanol–water partition coefficient (Wildman–Crippen LogP) is 2.85. The van der Waals surface area contributed by atoms with E-state index in [1.165, 1.54) is 0 Å². The lowest BCUT2D eigenvalue weighted by atomic mass is 10.1. The molecular formula is C15H19N3O. The number of amides is 1. The van der Waals surface area contributed by atoms with Crippen LogP contribution in [-0.4, -0.2) is 16.1 Å². The van der Waals surface area contributed by atoms with Gasteiger partial charge in [-0.25, -0.2) is 0 Å². The topological polar surface area (TPSA) is 57.8 Å². The quantitative estimate of drug-likeness (QED) is 0.865. The fourth-order valence-electron chi connectivity index (χ4n) is 1.97. The average molecular weight is 257 g/mol. The van der Waals surface area contributed by atoms with Crippen molar-refractivity contribution < 1.29 is 4.79 Å². The molecule has 2 rings (SSSR count). The van der Waals surface area contributed by atoms with Crippen molar-refractivity contribution in [3.8, 4) is 0 Å². The molecule has 2 aromatic rings. The molecule has 2 N–H and O–H groups in total. The maximum absolute atomic E-state index is 12.1. The minimum atomic E-state index is -0.144. The van der Waals surface area contributed by atoms with Crippen LogP contribution in [0.1, 0.15) is 48.1 Å². The monoisotopic (exact) mass is 257 g/mol. The van der Waals surface area contributed by atoms with Gasteiger partial charge in [-0.2, -0.15) is 5.10 Å². The number of carbonyl (C=O) groups excluding carboxylic acids is 1. The zero-order valence-electron chi connectivity index (χ0n) is 11.3. The zero-order valence-corrected chi connectivity index (χ0v) is 11.3. The van der Waals surface area contributed by atoms with E-state index in [2.05, 4.69) is 22.4 Å². The second-order valence-corrected chi connectivity index (χ2v) is 4.63. The molecule has 0 aliphatic carbocycles. The summed E-state index contributed by atoms with van der Waals surface area (Å²) >= 11 is 0. The molecule has 1 atom stereocenters. The number of carbonyl (C=O) groups is 1. The summed E-state index contributed by atoms with van der Waals surface area (Å²) in [5.41, 5.74) is 2.53. The molecule has 0 fully saturated rings. The van der Waals surface area contributed by atoms with E-state index in [4.69, 9.17) is 0 Å². The van der Waals surface area contributed by atoms with Gasteiger partial charge in [-0.3, -0.25) is 9.89 Å².